The van der Waals surface area contributed by atoms with Gasteiger partial charge in [-0.1, -0.05) is 90.9 Å². The molecule has 0 aromatic rings. The molecule has 0 aliphatic carbocycles. The summed E-state index contributed by atoms with van der Waals surface area (Å²) in [5.41, 5.74) is 0. The van der Waals surface area contributed by atoms with E-state index in [4.69, 9.17) is 0 Å². The van der Waals surface area contributed by atoms with E-state index in [2.05, 4.69) is 27.7 Å². The molecule has 0 unspecified atom stereocenters. The third kappa shape index (κ3) is 32.2. The fourth-order valence-electron chi connectivity index (χ4n) is 1.91. The molecule has 0 aromatic carbocycles. The molecule has 0 aliphatic rings. The van der Waals surface area contributed by atoms with Crippen LogP contribution in [0.5, 0.6) is 0 Å². The molecular weight excluding hydrogens is 275 g/mol. The molecule has 120 valence electrons. The van der Waals surface area contributed by atoms with Crippen molar-refractivity contribution in [1.82, 2.24) is 0 Å². The van der Waals surface area contributed by atoms with Gasteiger partial charge in [-0.25, -0.2) is 0 Å². The maximum absolute atomic E-state index is 3.80. The van der Waals surface area contributed by atoms with Gasteiger partial charge in [0.2, 0.25) is 0 Å². The average molecular weight is 313 g/mol. The van der Waals surface area contributed by atoms with Gasteiger partial charge >= 0.3 is 16.5 Å². The minimum absolute atomic E-state index is 0. The SMILES string of the molecule is [CH2-]CCCCCCCC.[CH2-]CCCCCCCC.[Ni+2]. The first-order valence-corrected chi connectivity index (χ1v) is 8.41. The zero-order valence-electron chi connectivity index (χ0n) is 13.6. The molecule has 0 N–H and O–H groups in total. The van der Waals surface area contributed by atoms with Crippen molar-refractivity contribution in [3.8, 4) is 0 Å². The summed E-state index contributed by atoms with van der Waals surface area (Å²) in [7, 11) is 0. The van der Waals surface area contributed by atoms with Gasteiger partial charge in [-0.15, -0.1) is 0 Å². The fraction of sp³-hybridized carbons (Fsp3) is 0.889. The first kappa shape index (κ1) is 24.5. The maximum Gasteiger partial charge on any atom is 2.00 e. The Bertz CT molecular complexity index is 86.3. The molecular formula is C18H38Ni. The van der Waals surface area contributed by atoms with Crippen molar-refractivity contribution < 1.29 is 16.5 Å². The zero-order valence-corrected chi connectivity index (χ0v) is 14.6. The van der Waals surface area contributed by atoms with Crippen LogP contribution in [0.25, 0.3) is 0 Å². The summed E-state index contributed by atoms with van der Waals surface area (Å²) >= 11 is 0. The van der Waals surface area contributed by atoms with Gasteiger partial charge in [0.05, 0.1) is 0 Å². The summed E-state index contributed by atoms with van der Waals surface area (Å²) in [6.45, 7) is 12.1. The van der Waals surface area contributed by atoms with E-state index in [1.807, 2.05) is 0 Å². The van der Waals surface area contributed by atoms with E-state index in [9.17, 15) is 0 Å². The summed E-state index contributed by atoms with van der Waals surface area (Å²) in [4.78, 5) is 0. The second-order valence-electron chi connectivity index (χ2n) is 5.24. The molecule has 0 bridgehead atoms. The van der Waals surface area contributed by atoms with Crippen LogP contribution in [-0.4, -0.2) is 0 Å². The van der Waals surface area contributed by atoms with Crippen molar-refractivity contribution in [2.75, 3.05) is 0 Å². The van der Waals surface area contributed by atoms with Gasteiger partial charge in [-0.2, -0.15) is 12.8 Å². The van der Waals surface area contributed by atoms with Gasteiger partial charge in [-0.05, 0) is 0 Å². The Hall–Kier alpha value is 0.494. The second kappa shape index (κ2) is 26.9. The predicted octanol–water partition coefficient (Wildman–Crippen LogP) is 7.14. The maximum atomic E-state index is 3.80. The monoisotopic (exact) mass is 312 g/mol. The van der Waals surface area contributed by atoms with Crippen LogP contribution < -0.4 is 0 Å². The molecule has 0 fully saturated rings. The van der Waals surface area contributed by atoms with E-state index >= 15 is 0 Å². The van der Waals surface area contributed by atoms with Crippen molar-refractivity contribution in [2.45, 2.75) is 104 Å². The molecule has 0 radical (unpaired) electrons. The molecule has 0 atom stereocenters. The number of unbranched alkanes of at least 4 members (excludes halogenated alkanes) is 12. The Morgan fingerprint density at radius 1 is 0.474 bits per heavy atom. The molecule has 0 heterocycles. The van der Waals surface area contributed by atoms with E-state index in [0.717, 1.165) is 12.8 Å². The summed E-state index contributed by atoms with van der Waals surface area (Å²) in [6, 6.07) is 0. The fourth-order valence-corrected chi connectivity index (χ4v) is 1.91. The quantitative estimate of drug-likeness (QED) is 0.204. The van der Waals surface area contributed by atoms with E-state index in [1.165, 1.54) is 77.0 Å². The standard InChI is InChI=1S/2C9H19.Ni/c2*1-3-5-7-9-8-6-4-2;/h2*1,3-9H2,2H3;/q2*-1;+2. The topological polar surface area (TPSA) is 0 Å². The Balaban J connectivity index is -0.000000256. The van der Waals surface area contributed by atoms with Crippen molar-refractivity contribution in [1.29, 1.82) is 0 Å². The molecule has 1 heteroatoms. The minimum Gasteiger partial charge on any atom is -0.343 e. The smallest absolute Gasteiger partial charge is 0.343 e. The van der Waals surface area contributed by atoms with Gasteiger partial charge in [0.25, 0.3) is 0 Å². The van der Waals surface area contributed by atoms with Gasteiger partial charge in [0, 0.05) is 0 Å². The minimum atomic E-state index is 0. The van der Waals surface area contributed by atoms with Crippen LogP contribution in [0.1, 0.15) is 104 Å². The van der Waals surface area contributed by atoms with Crippen LogP contribution in [0.3, 0.4) is 0 Å². The van der Waals surface area contributed by atoms with Crippen LogP contribution >= 0.6 is 0 Å². The van der Waals surface area contributed by atoms with Gasteiger partial charge in [0.15, 0.2) is 0 Å². The summed E-state index contributed by atoms with van der Waals surface area (Å²) in [6.07, 6.45) is 18.9. The molecule has 0 saturated carbocycles. The third-order valence-corrected chi connectivity index (χ3v) is 3.21. The van der Waals surface area contributed by atoms with Crippen LogP contribution in [0, 0.1) is 13.8 Å². The van der Waals surface area contributed by atoms with Gasteiger partial charge in [-0.3, -0.25) is 0 Å². The average Bonchev–Trinajstić information content (AvgIpc) is 2.39. The number of rotatable bonds is 12. The van der Waals surface area contributed by atoms with Crippen molar-refractivity contribution in [3.63, 3.8) is 0 Å². The molecule has 0 amide bonds. The third-order valence-electron chi connectivity index (χ3n) is 3.21. The van der Waals surface area contributed by atoms with Crippen molar-refractivity contribution in [3.05, 3.63) is 13.8 Å². The predicted molar refractivity (Wildman–Crippen MR) is 86.7 cm³/mol. The molecule has 0 rings (SSSR count). The molecule has 0 aromatic heterocycles. The zero-order chi connectivity index (χ0) is 13.9. The number of hydrogen-bond acceptors (Lipinski definition) is 0. The largest absolute Gasteiger partial charge is 2.00 e. The summed E-state index contributed by atoms with van der Waals surface area (Å²) in [5.74, 6) is 0. The first-order chi connectivity index (χ1) is 8.83. The molecule has 19 heavy (non-hydrogen) atoms. The molecule has 0 saturated heterocycles. The summed E-state index contributed by atoms with van der Waals surface area (Å²) < 4.78 is 0. The van der Waals surface area contributed by atoms with E-state index in [0.29, 0.717) is 0 Å². The summed E-state index contributed by atoms with van der Waals surface area (Å²) in [5, 5.41) is 0. The van der Waals surface area contributed by atoms with Gasteiger partial charge < -0.3 is 13.8 Å². The van der Waals surface area contributed by atoms with Gasteiger partial charge in [0.1, 0.15) is 0 Å². The normalized spacial score (nSPS) is 9.47. The molecule has 0 nitrogen and oxygen atoms in total. The Morgan fingerprint density at radius 3 is 1.00 bits per heavy atom. The Labute approximate surface area is 134 Å². The molecule has 0 aliphatic heterocycles. The van der Waals surface area contributed by atoms with E-state index < -0.39 is 0 Å². The van der Waals surface area contributed by atoms with Crippen LogP contribution in [-0.2, 0) is 16.5 Å². The van der Waals surface area contributed by atoms with E-state index in [1.54, 1.807) is 0 Å². The van der Waals surface area contributed by atoms with Crippen LogP contribution in [0.4, 0.5) is 0 Å². The Kier molecular flexibility index (Phi) is 34.8. The second-order valence-corrected chi connectivity index (χ2v) is 5.24. The molecule has 0 spiro atoms. The van der Waals surface area contributed by atoms with Crippen molar-refractivity contribution >= 4 is 0 Å². The van der Waals surface area contributed by atoms with Crippen LogP contribution in [0.2, 0.25) is 0 Å². The van der Waals surface area contributed by atoms with Crippen molar-refractivity contribution in [2.24, 2.45) is 0 Å². The van der Waals surface area contributed by atoms with E-state index in [-0.39, 0.29) is 16.5 Å². The first-order valence-electron chi connectivity index (χ1n) is 8.41. The number of hydrogen-bond donors (Lipinski definition) is 0. The Morgan fingerprint density at radius 2 is 0.737 bits per heavy atom. The van der Waals surface area contributed by atoms with Crippen LogP contribution in [0.15, 0.2) is 0 Å².